The fourth-order valence-electron chi connectivity index (χ4n) is 2.60. The molecular weight excluding hydrogens is 282 g/mol. The first-order valence-corrected chi connectivity index (χ1v) is 8.66. The van der Waals surface area contributed by atoms with Crippen LogP contribution in [0.15, 0.2) is 23.1 Å². The third-order valence-electron chi connectivity index (χ3n) is 4.15. The number of carboxylic acid groups (broad SMARTS) is 1. The van der Waals surface area contributed by atoms with Gasteiger partial charge in [0.15, 0.2) is 0 Å². The summed E-state index contributed by atoms with van der Waals surface area (Å²) in [4.78, 5) is 13.1. The average molecular weight is 307 g/mol. The number of carboxylic acids is 1. The number of benzene rings is 1. The van der Waals surface area contributed by atoms with Gasteiger partial charge in [-0.3, -0.25) is 4.79 Å². The van der Waals surface area contributed by atoms with Gasteiger partial charge in [-0.1, -0.05) is 24.6 Å². The van der Waals surface area contributed by atoms with Crippen LogP contribution < -0.4 is 5.32 Å². The minimum Gasteiger partial charge on any atom is -0.480 e. The Morgan fingerprint density at radius 1 is 1.43 bits per heavy atom. The first-order chi connectivity index (χ1) is 9.99. The average Bonchev–Trinajstić information content (AvgIpc) is 3.27. The van der Waals surface area contributed by atoms with Gasteiger partial charge < -0.3 is 10.4 Å². The molecule has 0 aliphatic heterocycles. The van der Waals surface area contributed by atoms with Crippen LogP contribution in [0, 0.1) is 19.8 Å². The largest absolute Gasteiger partial charge is 0.480 e. The van der Waals surface area contributed by atoms with Crippen LogP contribution in [0.3, 0.4) is 0 Å². The van der Waals surface area contributed by atoms with Crippen molar-refractivity contribution in [2.75, 3.05) is 12.3 Å². The number of rotatable bonds is 8. The second kappa shape index (κ2) is 6.84. The van der Waals surface area contributed by atoms with E-state index in [-0.39, 0.29) is 5.92 Å². The normalized spacial score (nSPS) is 17.5. The maximum absolute atomic E-state index is 11.9. The zero-order valence-electron chi connectivity index (χ0n) is 13.1. The zero-order valence-corrected chi connectivity index (χ0v) is 13.9. The van der Waals surface area contributed by atoms with E-state index >= 15 is 0 Å². The number of nitrogens with one attached hydrogen (secondary N) is 1. The van der Waals surface area contributed by atoms with Crippen molar-refractivity contribution in [2.24, 2.45) is 5.92 Å². The molecule has 0 saturated heterocycles. The van der Waals surface area contributed by atoms with E-state index in [4.69, 9.17) is 0 Å². The van der Waals surface area contributed by atoms with Gasteiger partial charge in [-0.15, -0.1) is 11.8 Å². The van der Waals surface area contributed by atoms with Crippen LogP contribution >= 0.6 is 11.8 Å². The molecule has 2 rings (SSSR count). The lowest BCUT2D eigenvalue weighted by Crippen LogP contribution is -2.56. The minimum absolute atomic E-state index is 0.277. The smallest absolute Gasteiger partial charge is 0.325 e. The molecule has 1 aliphatic carbocycles. The monoisotopic (exact) mass is 307 g/mol. The topological polar surface area (TPSA) is 49.3 Å². The SMILES string of the molecule is CCCNC(CSc1cc(C)ccc1C)(C(=O)O)C1CC1. The van der Waals surface area contributed by atoms with E-state index in [9.17, 15) is 9.90 Å². The highest BCUT2D eigenvalue weighted by molar-refractivity contribution is 7.99. The molecule has 0 bridgehead atoms. The van der Waals surface area contributed by atoms with Crippen molar-refractivity contribution >= 4 is 17.7 Å². The minimum atomic E-state index is -0.767. The predicted octanol–water partition coefficient (Wildman–Crippen LogP) is 3.63. The lowest BCUT2D eigenvalue weighted by atomic mass is 9.95. The molecule has 0 heterocycles. The summed E-state index contributed by atoms with van der Waals surface area (Å²) < 4.78 is 0. The van der Waals surface area contributed by atoms with Crippen molar-refractivity contribution in [1.82, 2.24) is 5.32 Å². The molecule has 21 heavy (non-hydrogen) atoms. The Balaban J connectivity index is 2.15. The van der Waals surface area contributed by atoms with Crippen molar-refractivity contribution in [2.45, 2.75) is 50.5 Å². The third-order valence-corrected chi connectivity index (χ3v) is 5.50. The van der Waals surface area contributed by atoms with Crippen LogP contribution in [-0.2, 0) is 4.79 Å². The van der Waals surface area contributed by atoms with E-state index in [0.29, 0.717) is 5.75 Å². The summed E-state index contributed by atoms with van der Waals surface area (Å²) in [6.07, 6.45) is 3.00. The van der Waals surface area contributed by atoms with Gasteiger partial charge in [0.25, 0.3) is 0 Å². The van der Waals surface area contributed by atoms with Crippen LogP contribution in [0.5, 0.6) is 0 Å². The third kappa shape index (κ3) is 3.80. The van der Waals surface area contributed by atoms with Crippen molar-refractivity contribution in [3.05, 3.63) is 29.3 Å². The molecule has 116 valence electrons. The van der Waals surface area contributed by atoms with Crippen molar-refractivity contribution < 1.29 is 9.90 Å². The van der Waals surface area contributed by atoms with E-state index in [1.807, 2.05) is 0 Å². The van der Waals surface area contributed by atoms with Crippen molar-refractivity contribution in [1.29, 1.82) is 0 Å². The maximum Gasteiger partial charge on any atom is 0.325 e. The van der Waals surface area contributed by atoms with Crippen molar-refractivity contribution in [3.8, 4) is 0 Å². The Hall–Kier alpha value is -1.00. The van der Waals surface area contributed by atoms with Crippen LogP contribution in [0.1, 0.15) is 37.3 Å². The summed E-state index contributed by atoms with van der Waals surface area (Å²) >= 11 is 1.67. The molecule has 1 aliphatic rings. The Labute approximate surface area is 131 Å². The second-order valence-corrected chi connectivity index (χ2v) is 7.05. The Morgan fingerprint density at radius 2 is 2.14 bits per heavy atom. The molecule has 4 heteroatoms. The number of aliphatic carboxylic acids is 1. The zero-order chi connectivity index (χ0) is 15.5. The molecule has 1 fully saturated rings. The Kier molecular flexibility index (Phi) is 5.33. The van der Waals surface area contributed by atoms with Gasteiger partial charge in [-0.25, -0.2) is 0 Å². The molecule has 1 aromatic carbocycles. The Morgan fingerprint density at radius 3 is 2.71 bits per heavy atom. The predicted molar refractivity (Wildman–Crippen MR) is 88.0 cm³/mol. The van der Waals surface area contributed by atoms with Crippen LogP contribution in [-0.4, -0.2) is 28.9 Å². The van der Waals surface area contributed by atoms with E-state index in [1.54, 1.807) is 11.8 Å². The quantitative estimate of drug-likeness (QED) is 0.720. The van der Waals surface area contributed by atoms with Gasteiger partial charge in [0, 0.05) is 10.6 Å². The lowest BCUT2D eigenvalue weighted by molar-refractivity contribution is -0.144. The summed E-state index contributed by atoms with van der Waals surface area (Å²) in [6, 6.07) is 6.36. The molecule has 1 saturated carbocycles. The highest BCUT2D eigenvalue weighted by Gasteiger charge is 2.50. The van der Waals surface area contributed by atoms with Crippen molar-refractivity contribution in [3.63, 3.8) is 0 Å². The molecular formula is C17H25NO2S. The molecule has 1 atom stereocenters. The van der Waals surface area contributed by atoms with E-state index in [2.05, 4.69) is 44.3 Å². The molecule has 0 amide bonds. The van der Waals surface area contributed by atoms with E-state index < -0.39 is 11.5 Å². The van der Waals surface area contributed by atoms with E-state index in [1.165, 1.54) is 16.0 Å². The molecule has 0 radical (unpaired) electrons. The molecule has 2 N–H and O–H groups in total. The van der Waals surface area contributed by atoms with Gasteiger partial charge in [-0.2, -0.15) is 0 Å². The Bertz CT molecular complexity index is 514. The summed E-state index contributed by atoms with van der Waals surface area (Å²) in [6.45, 7) is 6.99. The fourth-order valence-corrected chi connectivity index (χ4v) is 4.01. The summed E-state index contributed by atoms with van der Waals surface area (Å²) in [5, 5.41) is 13.1. The molecule has 1 unspecified atom stereocenters. The van der Waals surface area contributed by atoms with E-state index in [0.717, 1.165) is 25.8 Å². The van der Waals surface area contributed by atoms with Crippen LogP contribution in [0.25, 0.3) is 0 Å². The van der Waals surface area contributed by atoms with Gasteiger partial charge in [0.1, 0.15) is 5.54 Å². The lowest BCUT2D eigenvalue weighted by Gasteiger charge is -2.31. The number of hydrogen-bond donors (Lipinski definition) is 2. The van der Waals surface area contributed by atoms with Gasteiger partial charge in [-0.05, 0) is 57.2 Å². The summed E-state index contributed by atoms with van der Waals surface area (Å²) in [5.41, 5.74) is 1.67. The number of hydrogen-bond acceptors (Lipinski definition) is 3. The highest BCUT2D eigenvalue weighted by atomic mass is 32.2. The number of carbonyl (C=O) groups is 1. The summed E-state index contributed by atoms with van der Waals surface area (Å²) in [5.74, 6) is 0.174. The first-order valence-electron chi connectivity index (χ1n) is 7.68. The number of aryl methyl sites for hydroxylation is 2. The first kappa shape index (κ1) is 16.4. The second-order valence-electron chi connectivity index (χ2n) is 6.04. The van der Waals surface area contributed by atoms with Crippen LogP contribution in [0.2, 0.25) is 0 Å². The van der Waals surface area contributed by atoms with Gasteiger partial charge >= 0.3 is 5.97 Å². The number of thioether (sulfide) groups is 1. The fraction of sp³-hybridized carbons (Fsp3) is 0.588. The summed E-state index contributed by atoms with van der Waals surface area (Å²) in [7, 11) is 0. The van der Waals surface area contributed by atoms with Crippen LogP contribution in [0.4, 0.5) is 0 Å². The standard InChI is InChI=1S/C17H25NO2S/c1-4-9-18-17(16(19)20,14-7-8-14)11-21-15-10-12(2)5-6-13(15)3/h5-6,10,14,18H,4,7-9,11H2,1-3H3,(H,19,20). The molecule has 0 aromatic heterocycles. The molecule has 1 aromatic rings. The van der Waals surface area contributed by atoms with Gasteiger partial charge in [0.05, 0.1) is 0 Å². The maximum atomic E-state index is 11.9. The van der Waals surface area contributed by atoms with Gasteiger partial charge in [0.2, 0.25) is 0 Å². The molecule has 3 nitrogen and oxygen atoms in total. The molecule has 0 spiro atoms. The highest BCUT2D eigenvalue weighted by Crippen LogP contribution is 2.43.